The molecule has 0 aliphatic heterocycles. The molecular formula is C17H10ClN3O3S2. The molecule has 130 valence electrons. The largest absolute Gasteiger partial charge is 0.504 e. The van der Waals surface area contributed by atoms with Gasteiger partial charge in [-0.15, -0.1) is 22.7 Å². The Morgan fingerprint density at radius 2 is 2.12 bits per heavy atom. The lowest BCUT2D eigenvalue weighted by Gasteiger charge is -2.02. The maximum atomic E-state index is 12.8. The molecule has 6 nitrogen and oxygen atoms in total. The van der Waals surface area contributed by atoms with Crippen LogP contribution < -0.4 is 5.56 Å². The summed E-state index contributed by atoms with van der Waals surface area (Å²) < 4.78 is 1.13. The van der Waals surface area contributed by atoms with Crippen molar-refractivity contribution in [2.75, 3.05) is 0 Å². The zero-order valence-corrected chi connectivity index (χ0v) is 15.3. The van der Waals surface area contributed by atoms with Crippen LogP contribution in [0.15, 0.2) is 51.2 Å². The van der Waals surface area contributed by atoms with E-state index in [1.165, 1.54) is 36.0 Å². The third-order valence-corrected chi connectivity index (χ3v) is 5.74. The summed E-state index contributed by atoms with van der Waals surface area (Å²) >= 11 is 8.78. The van der Waals surface area contributed by atoms with E-state index in [9.17, 15) is 15.0 Å². The van der Waals surface area contributed by atoms with Gasteiger partial charge in [-0.1, -0.05) is 17.7 Å². The predicted octanol–water partition coefficient (Wildman–Crippen LogP) is 4.13. The maximum absolute atomic E-state index is 12.8. The number of rotatable bonds is 3. The van der Waals surface area contributed by atoms with Crippen LogP contribution in [0.1, 0.15) is 5.56 Å². The Morgan fingerprint density at radius 1 is 1.27 bits per heavy atom. The molecular weight excluding hydrogens is 394 g/mol. The number of thiophene rings is 2. The van der Waals surface area contributed by atoms with Gasteiger partial charge in [0.05, 0.1) is 16.6 Å². The minimum Gasteiger partial charge on any atom is -0.504 e. The molecule has 0 bridgehead atoms. The molecule has 0 aliphatic carbocycles. The highest BCUT2D eigenvalue weighted by Gasteiger charge is 2.13. The molecule has 0 saturated heterocycles. The molecule has 9 heteroatoms. The fraction of sp³-hybridized carbons (Fsp3) is 0. The van der Waals surface area contributed by atoms with Crippen LogP contribution in [0.3, 0.4) is 0 Å². The smallest absolute Gasteiger partial charge is 0.283 e. The number of phenols is 2. The van der Waals surface area contributed by atoms with Gasteiger partial charge in [-0.05, 0) is 29.1 Å². The van der Waals surface area contributed by atoms with Crippen molar-refractivity contribution in [1.29, 1.82) is 0 Å². The molecule has 4 aromatic rings. The van der Waals surface area contributed by atoms with Crippen molar-refractivity contribution in [1.82, 2.24) is 9.66 Å². The maximum Gasteiger partial charge on any atom is 0.283 e. The summed E-state index contributed by atoms with van der Waals surface area (Å²) in [5.74, 6) is -0.763. The van der Waals surface area contributed by atoms with E-state index in [2.05, 4.69) is 10.1 Å². The molecule has 0 aliphatic rings. The fourth-order valence-electron chi connectivity index (χ4n) is 2.43. The average Bonchev–Trinajstić information content (AvgIpc) is 3.28. The highest BCUT2D eigenvalue weighted by Crippen LogP contribution is 2.34. The van der Waals surface area contributed by atoms with Gasteiger partial charge in [0.2, 0.25) is 0 Å². The first-order chi connectivity index (χ1) is 12.5. The topological polar surface area (TPSA) is 87.7 Å². The van der Waals surface area contributed by atoms with Gasteiger partial charge in [0.15, 0.2) is 11.5 Å². The Bertz CT molecular complexity index is 1170. The molecule has 4 rings (SSSR count). The summed E-state index contributed by atoms with van der Waals surface area (Å²) in [4.78, 5) is 18.8. The summed E-state index contributed by atoms with van der Waals surface area (Å²) in [6.45, 7) is 0. The number of hydrogen-bond donors (Lipinski definition) is 2. The van der Waals surface area contributed by atoms with Crippen molar-refractivity contribution < 1.29 is 10.2 Å². The van der Waals surface area contributed by atoms with Crippen molar-refractivity contribution in [3.63, 3.8) is 0 Å². The molecule has 0 spiro atoms. The number of aromatic hydroxyl groups is 2. The van der Waals surface area contributed by atoms with Crippen LogP contribution >= 0.6 is 34.3 Å². The predicted molar refractivity (Wildman–Crippen MR) is 105 cm³/mol. The van der Waals surface area contributed by atoms with Gasteiger partial charge in [-0.25, -0.2) is 4.98 Å². The second-order valence-corrected chi connectivity index (χ2v) is 7.53. The first-order valence-corrected chi connectivity index (χ1v) is 9.47. The minimum atomic E-state index is -0.400. The van der Waals surface area contributed by atoms with Crippen LogP contribution in [0.4, 0.5) is 0 Å². The molecule has 0 saturated carbocycles. The highest BCUT2D eigenvalue weighted by molar-refractivity contribution is 7.18. The van der Waals surface area contributed by atoms with Gasteiger partial charge in [0.25, 0.3) is 5.56 Å². The number of fused-ring (bicyclic) bond motifs is 1. The quantitative estimate of drug-likeness (QED) is 0.397. The average molecular weight is 404 g/mol. The summed E-state index contributed by atoms with van der Waals surface area (Å²) in [6, 6.07) is 6.60. The van der Waals surface area contributed by atoms with E-state index in [-0.39, 0.29) is 16.3 Å². The molecule has 3 aromatic heterocycles. The van der Waals surface area contributed by atoms with Gasteiger partial charge in [0.1, 0.15) is 11.2 Å². The van der Waals surface area contributed by atoms with E-state index < -0.39 is 5.75 Å². The number of nitrogens with zero attached hydrogens (tertiary/aromatic N) is 3. The second-order valence-electron chi connectivity index (χ2n) is 5.32. The summed E-state index contributed by atoms with van der Waals surface area (Å²) in [5.41, 5.74) is 0.985. The molecule has 0 unspecified atom stereocenters. The zero-order valence-electron chi connectivity index (χ0n) is 13.0. The molecule has 3 heterocycles. The van der Waals surface area contributed by atoms with Gasteiger partial charge < -0.3 is 10.2 Å². The van der Waals surface area contributed by atoms with Crippen LogP contribution in [-0.2, 0) is 0 Å². The molecule has 1 aromatic carbocycles. The SMILES string of the molecule is O=c1c2c(-c3cccs3)csc2ncn1/N=C/c1cc(O)c(O)c(Cl)c1. The number of hydrogen-bond acceptors (Lipinski definition) is 7. The van der Waals surface area contributed by atoms with E-state index in [4.69, 9.17) is 11.6 Å². The normalized spacial score (nSPS) is 11.6. The first-order valence-electron chi connectivity index (χ1n) is 7.33. The van der Waals surface area contributed by atoms with Gasteiger partial charge >= 0.3 is 0 Å². The first kappa shape index (κ1) is 16.8. The van der Waals surface area contributed by atoms with E-state index >= 15 is 0 Å². The number of benzene rings is 1. The lowest BCUT2D eigenvalue weighted by Crippen LogP contribution is -2.16. The summed E-state index contributed by atoms with van der Waals surface area (Å²) in [6.07, 6.45) is 2.70. The lowest BCUT2D eigenvalue weighted by molar-refractivity contribution is 0.404. The summed E-state index contributed by atoms with van der Waals surface area (Å²) in [7, 11) is 0. The number of aromatic nitrogens is 2. The van der Waals surface area contributed by atoms with Crippen LogP contribution in [0.25, 0.3) is 20.7 Å². The van der Waals surface area contributed by atoms with Crippen molar-refractivity contribution in [2.24, 2.45) is 5.10 Å². The van der Waals surface area contributed by atoms with Crippen molar-refractivity contribution in [3.8, 4) is 21.9 Å². The standard InChI is InChI=1S/C17H10ClN3O3S2/c18-11-4-9(5-12(22)15(11)23)6-20-21-8-19-16-14(17(21)24)10(7-26-16)13-2-1-3-25-13/h1-8,22-23H/b20-6+. The highest BCUT2D eigenvalue weighted by atomic mass is 35.5. The van der Waals surface area contributed by atoms with Crippen molar-refractivity contribution in [2.45, 2.75) is 0 Å². The van der Waals surface area contributed by atoms with Crippen molar-refractivity contribution >= 4 is 50.7 Å². The van der Waals surface area contributed by atoms with Crippen LogP contribution in [0.5, 0.6) is 11.5 Å². The third kappa shape index (κ3) is 2.88. The second kappa shape index (κ2) is 6.56. The minimum absolute atomic E-state index is 0.00908. The molecule has 0 amide bonds. The van der Waals surface area contributed by atoms with E-state index in [1.54, 1.807) is 11.3 Å². The van der Waals surface area contributed by atoms with Crippen molar-refractivity contribution in [3.05, 3.63) is 62.3 Å². The van der Waals surface area contributed by atoms with Gasteiger partial charge in [-0.2, -0.15) is 9.78 Å². The van der Waals surface area contributed by atoms with Gasteiger partial charge in [0, 0.05) is 15.8 Å². The Labute approximate surface area is 159 Å². The molecule has 0 radical (unpaired) electrons. The van der Waals surface area contributed by atoms with E-state index in [0.29, 0.717) is 15.8 Å². The number of halogens is 1. The fourth-order valence-corrected chi connectivity index (χ4v) is 4.37. The van der Waals surface area contributed by atoms with Gasteiger partial charge in [-0.3, -0.25) is 4.79 Å². The molecule has 2 N–H and O–H groups in total. The Kier molecular flexibility index (Phi) is 4.23. The Morgan fingerprint density at radius 3 is 2.85 bits per heavy atom. The summed E-state index contributed by atoms with van der Waals surface area (Å²) in [5, 5.41) is 27.6. The molecule has 0 atom stereocenters. The van der Waals surface area contributed by atoms with Crippen LogP contribution in [0, 0.1) is 0 Å². The lowest BCUT2D eigenvalue weighted by atomic mass is 10.2. The zero-order chi connectivity index (χ0) is 18.3. The monoisotopic (exact) mass is 403 g/mol. The number of phenolic OH excluding ortho intramolecular Hbond substituents is 2. The third-order valence-electron chi connectivity index (χ3n) is 3.66. The van der Waals surface area contributed by atoms with E-state index in [1.807, 2.05) is 22.9 Å². The Hall–Kier alpha value is -2.68. The van der Waals surface area contributed by atoms with Crippen LogP contribution in [0.2, 0.25) is 5.02 Å². The Balaban J connectivity index is 1.79. The molecule has 26 heavy (non-hydrogen) atoms. The molecule has 0 fully saturated rings. The van der Waals surface area contributed by atoms with E-state index in [0.717, 1.165) is 15.1 Å². The van der Waals surface area contributed by atoms with Crippen LogP contribution in [-0.4, -0.2) is 26.1 Å².